The molecule has 2 aromatic rings. The summed E-state index contributed by atoms with van der Waals surface area (Å²) in [5, 5.41) is 4.26. The SMILES string of the molecule is Fc1cccc2c(NC3CCN(CC4CC4)CC3)ncnc12. The van der Waals surface area contributed by atoms with Crippen molar-refractivity contribution < 1.29 is 4.39 Å². The van der Waals surface area contributed by atoms with Gasteiger partial charge in [-0.15, -0.1) is 0 Å². The topological polar surface area (TPSA) is 41.0 Å². The second kappa shape index (κ2) is 5.80. The quantitative estimate of drug-likeness (QED) is 0.942. The van der Waals surface area contributed by atoms with Crippen LogP contribution in [0.4, 0.5) is 10.2 Å². The van der Waals surface area contributed by atoms with Crippen molar-refractivity contribution in [3.8, 4) is 0 Å². The van der Waals surface area contributed by atoms with Gasteiger partial charge < -0.3 is 10.2 Å². The first-order valence-corrected chi connectivity index (χ1v) is 8.18. The van der Waals surface area contributed by atoms with Crippen LogP contribution in [0.2, 0.25) is 0 Å². The smallest absolute Gasteiger partial charge is 0.149 e. The van der Waals surface area contributed by atoms with E-state index in [1.165, 1.54) is 31.8 Å². The van der Waals surface area contributed by atoms with Crippen LogP contribution in [0.1, 0.15) is 25.7 Å². The average Bonchev–Trinajstić information content (AvgIpc) is 3.34. The molecule has 1 saturated carbocycles. The fraction of sp³-hybridized carbons (Fsp3) is 0.529. The number of likely N-dealkylation sites (tertiary alicyclic amines) is 1. The summed E-state index contributed by atoms with van der Waals surface area (Å²) in [6.45, 7) is 3.56. The van der Waals surface area contributed by atoms with Crippen LogP contribution in [-0.2, 0) is 0 Å². The van der Waals surface area contributed by atoms with Gasteiger partial charge >= 0.3 is 0 Å². The minimum atomic E-state index is -0.290. The van der Waals surface area contributed by atoms with Gasteiger partial charge in [0.1, 0.15) is 23.5 Å². The number of benzene rings is 1. The molecule has 2 fully saturated rings. The summed E-state index contributed by atoms with van der Waals surface area (Å²) in [5.41, 5.74) is 0.395. The van der Waals surface area contributed by atoms with E-state index in [9.17, 15) is 4.39 Å². The van der Waals surface area contributed by atoms with E-state index in [1.807, 2.05) is 6.07 Å². The number of fused-ring (bicyclic) bond motifs is 1. The fourth-order valence-electron chi connectivity index (χ4n) is 3.29. The Labute approximate surface area is 129 Å². The van der Waals surface area contributed by atoms with Crippen LogP contribution in [0, 0.1) is 11.7 Å². The second-order valence-corrected chi connectivity index (χ2v) is 6.52. The lowest BCUT2D eigenvalue weighted by Crippen LogP contribution is -2.40. The van der Waals surface area contributed by atoms with Crippen molar-refractivity contribution >= 4 is 16.7 Å². The third-order valence-electron chi connectivity index (χ3n) is 4.76. The number of nitrogens with one attached hydrogen (secondary N) is 1. The Kier molecular flexibility index (Phi) is 3.66. The van der Waals surface area contributed by atoms with Gasteiger partial charge in [0.05, 0.1) is 0 Å². The fourth-order valence-corrected chi connectivity index (χ4v) is 3.29. The summed E-state index contributed by atoms with van der Waals surface area (Å²) in [6, 6.07) is 5.44. The zero-order valence-corrected chi connectivity index (χ0v) is 12.6. The van der Waals surface area contributed by atoms with Gasteiger partial charge in [-0.1, -0.05) is 6.07 Å². The van der Waals surface area contributed by atoms with Gasteiger partial charge in [0.15, 0.2) is 0 Å². The molecule has 0 spiro atoms. The first kappa shape index (κ1) is 13.9. The van der Waals surface area contributed by atoms with Gasteiger partial charge in [-0.05, 0) is 43.7 Å². The standard InChI is InChI=1S/C17H21FN4/c18-15-3-1-2-14-16(15)19-11-20-17(14)21-13-6-8-22(9-7-13)10-12-4-5-12/h1-3,11-13H,4-10H2,(H,19,20,21). The zero-order chi connectivity index (χ0) is 14.9. The Balaban J connectivity index is 1.44. The van der Waals surface area contributed by atoms with Crippen molar-refractivity contribution in [3.05, 3.63) is 30.3 Å². The van der Waals surface area contributed by atoms with E-state index in [2.05, 4.69) is 20.2 Å². The molecule has 2 aliphatic rings. The van der Waals surface area contributed by atoms with Crippen LogP contribution < -0.4 is 5.32 Å². The minimum Gasteiger partial charge on any atom is -0.367 e. The summed E-state index contributed by atoms with van der Waals surface area (Å²) < 4.78 is 13.8. The lowest BCUT2D eigenvalue weighted by atomic mass is 10.0. The zero-order valence-electron chi connectivity index (χ0n) is 12.6. The summed E-state index contributed by atoms with van der Waals surface area (Å²) in [7, 11) is 0. The molecular weight excluding hydrogens is 279 g/mol. The molecule has 1 aromatic carbocycles. The second-order valence-electron chi connectivity index (χ2n) is 6.52. The molecule has 2 heterocycles. The molecule has 4 rings (SSSR count). The molecular formula is C17H21FN4. The van der Waals surface area contributed by atoms with E-state index >= 15 is 0 Å². The highest BCUT2D eigenvalue weighted by Crippen LogP contribution is 2.31. The average molecular weight is 300 g/mol. The van der Waals surface area contributed by atoms with Crippen molar-refractivity contribution in [3.63, 3.8) is 0 Å². The maximum Gasteiger partial charge on any atom is 0.149 e. The van der Waals surface area contributed by atoms with Crippen molar-refractivity contribution in [1.29, 1.82) is 0 Å². The van der Waals surface area contributed by atoms with Crippen molar-refractivity contribution in [1.82, 2.24) is 14.9 Å². The summed E-state index contributed by atoms with van der Waals surface area (Å²) in [6.07, 6.45) is 6.50. The Morgan fingerprint density at radius 2 is 1.95 bits per heavy atom. The number of rotatable bonds is 4. The minimum absolute atomic E-state index is 0.290. The highest BCUT2D eigenvalue weighted by molar-refractivity contribution is 5.89. The van der Waals surface area contributed by atoms with Crippen molar-refractivity contribution in [2.75, 3.05) is 25.0 Å². The molecule has 1 aliphatic heterocycles. The number of aromatic nitrogens is 2. The molecule has 5 heteroatoms. The maximum absolute atomic E-state index is 13.8. The Morgan fingerprint density at radius 3 is 2.73 bits per heavy atom. The first-order valence-electron chi connectivity index (χ1n) is 8.18. The number of hydrogen-bond acceptors (Lipinski definition) is 4. The highest BCUT2D eigenvalue weighted by Gasteiger charge is 2.27. The Bertz CT molecular complexity index is 663. The van der Waals surface area contributed by atoms with E-state index in [4.69, 9.17) is 0 Å². The van der Waals surface area contributed by atoms with Gasteiger partial charge in [-0.2, -0.15) is 0 Å². The molecule has 1 N–H and O–H groups in total. The van der Waals surface area contributed by atoms with Crippen molar-refractivity contribution in [2.24, 2.45) is 5.92 Å². The number of piperidine rings is 1. The monoisotopic (exact) mass is 300 g/mol. The van der Waals surface area contributed by atoms with Crippen LogP contribution in [0.15, 0.2) is 24.5 Å². The molecule has 0 atom stereocenters. The molecule has 0 amide bonds. The third-order valence-corrected chi connectivity index (χ3v) is 4.76. The molecule has 1 aliphatic carbocycles. The molecule has 116 valence electrons. The van der Waals surface area contributed by atoms with E-state index < -0.39 is 0 Å². The molecule has 0 unspecified atom stereocenters. The lowest BCUT2D eigenvalue weighted by molar-refractivity contribution is 0.211. The van der Waals surface area contributed by atoms with E-state index in [1.54, 1.807) is 6.07 Å². The van der Waals surface area contributed by atoms with Crippen LogP contribution in [0.5, 0.6) is 0 Å². The van der Waals surface area contributed by atoms with Crippen LogP contribution >= 0.6 is 0 Å². The van der Waals surface area contributed by atoms with Gasteiger partial charge in [0, 0.05) is 31.1 Å². The summed E-state index contributed by atoms with van der Waals surface area (Å²) >= 11 is 0. The lowest BCUT2D eigenvalue weighted by Gasteiger charge is -2.32. The molecule has 1 aromatic heterocycles. The van der Waals surface area contributed by atoms with Gasteiger partial charge in [0.25, 0.3) is 0 Å². The number of nitrogens with zero attached hydrogens (tertiary/aromatic N) is 3. The molecule has 22 heavy (non-hydrogen) atoms. The normalized spacial score (nSPS) is 20.4. The maximum atomic E-state index is 13.8. The largest absolute Gasteiger partial charge is 0.367 e. The van der Waals surface area contributed by atoms with Crippen molar-refractivity contribution in [2.45, 2.75) is 31.7 Å². The number of halogens is 1. The number of anilines is 1. The van der Waals surface area contributed by atoms with Crippen LogP contribution in [0.25, 0.3) is 10.9 Å². The number of para-hydroxylation sites is 1. The van der Waals surface area contributed by atoms with Crippen LogP contribution in [-0.4, -0.2) is 40.5 Å². The summed E-state index contributed by atoms with van der Waals surface area (Å²) in [5.74, 6) is 1.42. The predicted molar refractivity (Wildman–Crippen MR) is 85.3 cm³/mol. The first-order chi connectivity index (χ1) is 10.8. The van der Waals surface area contributed by atoms with Gasteiger partial charge in [0.2, 0.25) is 0 Å². The van der Waals surface area contributed by atoms with E-state index in [0.29, 0.717) is 11.6 Å². The predicted octanol–water partition coefficient (Wildman–Crippen LogP) is 3.06. The Morgan fingerprint density at radius 1 is 1.14 bits per heavy atom. The highest BCUT2D eigenvalue weighted by atomic mass is 19.1. The number of hydrogen-bond donors (Lipinski definition) is 1. The molecule has 4 nitrogen and oxygen atoms in total. The molecule has 1 saturated heterocycles. The molecule has 0 bridgehead atoms. The van der Waals surface area contributed by atoms with Gasteiger partial charge in [-0.3, -0.25) is 0 Å². The van der Waals surface area contributed by atoms with Gasteiger partial charge in [-0.25, -0.2) is 14.4 Å². The third kappa shape index (κ3) is 2.90. The van der Waals surface area contributed by atoms with E-state index in [0.717, 1.165) is 43.1 Å². The summed E-state index contributed by atoms with van der Waals surface area (Å²) in [4.78, 5) is 10.9. The van der Waals surface area contributed by atoms with Crippen LogP contribution in [0.3, 0.4) is 0 Å². The molecule has 0 radical (unpaired) electrons. The van der Waals surface area contributed by atoms with E-state index in [-0.39, 0.29) is 5.82 Å². The Hall–Kier alpha value is -1.75.